The van der Waals surface area contributed by atoms with Crippen molar-refractivity contribution in [2.45, 2.75) is 13.8 Å². The first-order valence-corrected chi connectivity index (χ1v) is 2.04. The van der Waals surface area contributed by atoms with E-state index in [0.29, 0.717) is 0 Å². The van der Waals surface area contributed by atoms with E-state index in [9.17, 15) is 8.96 Å². The van der Waals surface area contributed by atoms with E-state index in [2.05, 4.69) is 10.4 Å². The molecule has 0 atom stereocenters. The summed E-state index contributed by atoms with van der Waals surface area (Å²) in [5.74, 6) is 0. The first-order valence-electron chi connectivity index (χ1n) is 2.04. The third kappa shape index (κ3) is 1.77. The van der Waals surface area contributed by atoms with Crippen LogP contribution in [0, 0.1) is 0 Å². The van der Waals surface area contributed by atoms with Crippen molar-refractivity contribution in [2.24, 2.45) is 10.4 Å². The van der Waals surface area contributed by atoms with Gasteiger partial charge in [-0.05, 0) is 13.8 Å². The molecular formula is C4H6F2N2. The molecule has 0 saturated carbocycles. The summed E-state index contributed by atoms with van der Waals surface area (Å²) in [7, 11) is 0. The highest BCUT2D eigenvalue weighted by molar-refractivity contribution is 6.40. The number of hydrogen-bond acceptors (Lipinski definition) is 2. The molecule has 0 aromatic rings. The fraction of sp³-hybridized carbons (Fsp3) is 0.500. The second-order valence-corrected chi connectivity index (χ2v) is 1.34. The van der Waals surface area contributed by atoms with Crippen LogP contribution in [0.1, 0.15) is 13.8 Å². The summed E-state index contributed by atoms with van der Waals surface area (Å²) in [4.78, 5) is 0. The number of rotatable bonds is 1. The second kappa shape index (κ2) is 3.23. The molecule has 0 bridgehead atoms. The molecule has 0 aromatic heterocycles. The quantitative estimate of drug-likeness (QED) is 0.470. The van der Waals surface area contributed by atoms with Crippen molar-refractivity contribution in [1.82, 2.24) is 0 Å². The van der Waals surface area contributed by atoms with Crippen molar-refractivity contribution in [1.29, 1.82) is 0 Å². The van der Waals surface area contributed by atoms with E-state index in [4.69, 9.17) is 0 Å². The lowest BCUT2D eigenvalue weighted by Crippen LogP contribution is -2.02. The van der Waals surface area contributed by atoms with Gasteiger partial charge in [0.1, 0.15) is 0 Å². The van der Waals surface area contributed by atoms with E-state index in [0.717, 1.165) is 0 Å². The van der Waals surface area contributed by atoms with Crippen LogP contribution in [-0.4, -0.2) is 11.4 Å². The molecule has 0 heterocycles. The molecule has 0 aliphatic carbocycles. The van der Waals surface area contributed by atoms with Gasteiger partial charge in [-0.1, -0.05) is 19.4 Å². The fourth-order valence-corrected chi connectivity index (χ4v) is 0.122. The summed E-state index contributed by atoms with van der Waals surface area (Å²) < 4.78 is 22.3. The third-order valence-electron chi connectivity index (χ3n) is 0.777. The zero-order chi connectivity index (χ0) is 6.57. The third-order valence-corrected chi connectivity index (χ3v) is 0.777. The van der Waals surface area contributed by atoms with Crippen LogP contribution >= 0.6 is 0 Å². The summed E-state index contributed by atoms with van der Waals surface area (Å²) in [5, 5.41) is 4.41. The molecule has 0 aliphatic heterocycles. The lowest BCUT2D eigenvalue weighted by Gasteiger charge is -1.86. The Morgan fingerprint density at radius 3 is 1.38 bits per heavy atom. The molecule has 0 saturated heterocycles. The van der Waals surface area contributed by atoms with E-state index in [1.165, 1.54) is 13.8 Å². The average molecular weight is 120 g/mol. The van der Waals surface area contributed by atoms with Crippen LogP contribution < -0.4 is 0 Å². The highest BCUT2D eigenvalue weighted by atomic mass is 19.2. The normalized spacial score (nSPS) is 14.5. The van der Waals surface area contributed by atoms with Crippen molar-refractivity contribution in [3.8, 4) is 0 Å². The molecule has 8 heavy (non-hydrogen) atoms. The first kappa shape index (κ1) is 7.20. The van der Waals surface area contributed by atoms with Gasteiger partial charge in [0.15, 0.2) is 0 Å². The summed E-state index contributed by atoms with van der Waals surface area (Å²) in [6, 6.07) is 0. The van der Waals surface area contributed by atoms with Crippen LogP contribution in [0.4, 0.5) is 8.96 Å². The highest BCUT2D eigenvalue weighted by Gasteiger charge is 1.94. The standard InChI is InChI=1S/C4H6F2N2/c1-3(7-5)4(2)8-6/h1-2H3/b7-3-,8-4-. The molecule has 0 aliphatic rings. The van der Waals surface area contributed by atoms with Crippen LogP contribution in [-0.2, 0) is 0 Å². The Morgan fingerprint density at radius 2 is 1.25 bits per heavy atom. The molecule has 0 N–H and O–H groups in total. The maximum atomic E-state index is 11.2. The van der Waals surface area contributed by atoms with Gasteiger partial charge in [0.2, 0.25) is 0 Å². The van der Waals surface area contributed by atoms with Gasteiger partial charge in [-0.2, -0.15) is 0 Å². The maximum absolute atomic E-state index is 11.2. The molecule has 0 rings (SSSR count). The molecular weight excluding hydrogens is 114 g/mol. The topological polar surface area (TPSA) is 24.7 Å². The van der Waals surface area contributed by atoms with Crippen molar-refractivity contribution >= 4 is 11.4 Å². The van der Waals surface area contributed by atoms with Gasteiger partial charge >= 0.3 is 0 Å². The molecule has 0 aromatic carbocycles. The van der Waals surface area contributed by atoms with Gasteiger partial charge in [-0.15, -0.1) is 0 Å². The Hall–Kier alpha value is -0.800. The Kier molecular flexibility index (Phi) is 2.91. The molecule has 0 spiro atoms. The van der Waals surface area contributed by atoms with E-state index in [1.54, 1.807) is 0 Å². The average Bonchev–Trinajstić information content (AvgIpc) is 1.84. The van der Waals surface area contributed by atoms with Crippen LogP contribution in [0.25, 0.3) is 0 Å². The Morgan fingerprint density at radius 1 is 1.00 bits per heavy atom. The summed E-state index contributed by atoms with van der Waals surface area (Å²) in [6.07, 6.45) is 0. The van der Waals surface area contributed by atoms with Crippen LogP contribution in [0.3, 0.4) is 0 Å². The van der Waals surface area contributed by atoms with Crippen LogP contribution in [0.5, 0.6) is 0 Å². The molecule has 0 fully saturated rings. The molecule has 0 unspecified atom stereocenters. The van der Waals surface area contributed by atoms with Crippen molar-refractivity contribution in [2.75, 3.05) is 0 Å². The summed E-state index contributed by atoms with van der Waals surface area (Å²) >= 11 is 0. The maximum Gasteiger partial charge on any atom is 0.0940 e. The van der Waals surface area contributed by atoms with Gasteiger partial charge in [0.25, 0.3) is 0 Å². The lowest BCUT2D eigenvalue weighted by atomic mass is 10.3. The predicted octanol–water partition coefficient (Wildman–Crippen LogP) is 1.68. The van der Waals surface area contributed by atoms with Crippen LogP contribution in [0.2, 0.25) is 0 Å². The Labute approximate surface area is 45.8 Å². The van der Waals surface area contributed by atoms with Gasteiger partial charge in [-0.3, -0.25) is 0 Å². The van der Waals surface area contributed by atoms with Gasteiger partial charge < -0.3 is 0 Å². The zero-order valence-corrected chi connectivity index (χ0v) is 4.65. The van der Waals surface area contributed by atoms with Crippen molar-refractivity contribution in [3.05, 3.63) is 0 Å². The zero-order valence-electron chi connectivity index (χ0n) is 4.65. The molecule has 46 valence electrons. The largest absolute Gasteiger partial charge is 0.0940 e. The van der Waals surface area contributed by atoms with Crippen molar-refractivity contribution < 1.29 is 8.96 Å². The lowest BCUT2D eigenvalue weighted by molar-refractivity contribution is 0.530. The molecule has 4 heteroatoms. The van der Waals surface area contributed by atoms with Gasteiger partial charge in [-0.25, -0.2) is 0 Å². The minimum Gasteiger partial charge on any atom is -0.0904 e. The monoisotopic (exact) mass is 120 g/mol. The minimum absolute atomic E-state index is 0.0347. The van der Waals surface area contributed by atoms with Crippen molar-refractivity contribution in [3.63, 3.8) is 0 Å². The highest BCUT2D eigenvalue weighted by Crippen LogP contribution is 1.84. The Bertz CT molecular complexity index is 112. The smallest absolute Gasteiger partial charge is 0.0904 e. The van der Waals surface area contributed by atoms with E-state index < -0.39 is 0 Å². The first-order chi connectivity index (χ1) is 3.72. The molecule has 0 radical (unpaired) electrons. The van der Waals surface area contributed by atoms with E-state index >= 15 is 0 Å². The molecule has 2 nitrogen and oxygen atoms in total. The van der Waals surface area contributed by atoms with E-state index in [1.807, 2.05) is 0 Å². The van der Waals surface area contributed by atoms with E-state index in [-0.39, 0.29) is 11.4 Å². The molecule has 0 amide bonds. The fourth-order valence-electron chi connectivity index (χ4n) is 0.122. The van der Waals surface area contributed by atoms with Gasteiger partial charge in [0, 0.05) is 0 Å². The number of nitrogens with zero attached hydrogens (tertiary/aromatic N) is 2. The Balaban J connectivity index is 4.04. The number of hydrogen-bond donors (Lipinski definition) is 0. The second-order valence-electron chi connectivity index (χ2n) is 1.34. The minimum atomic E-state index is -0.0347. The number of halogens is 2. The summed E-state index contributed by atoms with van der Waals surface area (Å²) in [5.41, 5.74) is -0.0694. The van der Waals surface area contributed by atoms with Crippen LogP contribution in [0.15, 0.2) is 10.4 Å². The summed E-state index contributed by atoms with van der Waals surface area (Å²) in [6.45, 7) is 2.66. The predicted molar refractivity (Wildman–Crippen MR) is 28.4 cm³/mol. The van der Waals surface area contributed by atoms with Gasteiger partial charge in [0.05, 0.1) is 11.4 Å². The SMILES string of the molecule is CC(=N/F)/C(C)=N\F.